The van der Waals surface area contributed by atoms with Crippen molar-refractivity contribution < 1.29 is 13.2 Å². The van der Waals surface area contributed by atoms with Crippen molar-refractivity contribution in [2.75, 3.05) is 32.6 Å². The van der Waals surface area contributed by atoms with E-state index in [9.17, 15) is 8.42 Å². The van der Waals surface area contributed by atoms with E-state index in [4.69, 9.17) is 10.5 Å². The Labute approximate surface area is 141 Å². The maximum absolute atomic E-state index is 11.7. The molecule has 9 heteroatoms. The lowest BCUT2D eigenvalue weighted by Crippen LogP contribution is -2.44. The van der Waals surface area contributed by atoms with Gasteiger partial charge in [0, 0.05) is 25.5 Å². The first-order valence-electron chi connectivity index (χ1n) is 6.25. The Kier molecular flexibility index (Phi) is 6.81. The predicted molar refractivity (Wildman–Crippen MR) is 90.5 cm³/mol. The van der Waals surface area contributed by atoms with Gasteiger partial charge in [-0.25, -0.2) is 13.4 Å². The molecule has 0 aromatic carbocycles. The summed E-state index contributed by atoms with van der Waals surface area (Å²) in [5.41, 5.74) is 6.31. The third-order valence-corrected chi connectivity index (χ3v) is 4.14. The minimum atomic E-state index is -3.31. The van der Waals surface area contributed by atoms with Gasteiger partial charge in [0.05, 0.1) is 30.3 Å². The van der Waals surface area contributed by atoms with E-state index < -0.39 is 9.84 Å². The van der Waals surface area contributed by atoms with Gasteiger partial charge in [0.1, 0.15) is 0 Å². The number of morpholine rings is 1. The molecule has 0 atom stereocenters. The lowest BCUT2D eigenvalue weighted by atomic mass is 10.3. The van der Waals surface area contributed by atoms with Crippen LogP contribution in [0.25, 0.3) is 0 Å². The summed E-state index contributed by atoms with van der Waals surface area (Å²) >= 11 is 0. The van der Waals surface area contributed by atoms with E-state index in [0.29, 0.717) is 38.0 Å². The van der Waals surface area contributed by atoms with Crippen LogP contribution in [0.3, 0.4) is 0 Å². The second kappa shape index (κ2) is 7.90. The number of aliphatic imine (C=N–C) groups is 1. The smallest absolute Gasteiger partial charge is 0.191 e. The van der Waals surface area contributed by atoms with E-state index in [1.165, 1.54) is 6.07 Å². The van der Waals surface area contributed by atoms with Gasteiger partial charge in [-0.3, -0.25) is 4.98 Å². The zero-order valence-electron chi connectivity index (χ0n) is 11.7. The molecule has 1 aromatic rings. The molecule has 0 saturated carbocycles. The summed E-state index contributed by atoms with van der Waals surface area (Å²) in [4.78, 5) is 10.4. The van der Waals surface area contributed by atoms with E-state index in [1.807, 2.05) is 4.90 Å². The standard InChI is InChI=1S/C12H18N4O3S.HI/c1-20(17,18)11-3-2-4-14-10(11)9-15-12(13)16-5-7-19-8-6-16;/h2-4H,5-9H2,1H3,(H2,13,15);1H. The molecule has 1 fully saturated rings. The minimum Gasteiger partial charge on any atom is -0.378 e. The van der Waals surface area contributed by atoms with Crippen molar-refractivity contribution in [2.45, 2.75) is 11.4 Å². The molecule has 1 aromatic heterocycles. The van der Waals surface area contributed by atoms with Crippen molar-refractivity contribution in [3.63, 3.8) is 0 Å². The molecule has 1 saturated heterocycles. The highest BCUT2D eigenvalue weighted by Crippen LogP contribution is 2.13. The maximum Gasteiger partial charge on any atom is 0.191 e. The number of aromatic nitrogens is 1. The molecule has 2 N–H and O–H groups in total. The lowest BCUT2D eigenvalue weighted by molar-refractivity contribution is 0.0674. The Balaban J connectivity index is 0.00000220. The number of ether oxygens (including phenoxy) is 1. The number of hydrogen-bond acceptors (Lipinski definition) is 5. The second-order valence-electron chi connectivity index (χ2n) is 4.49. The molecule has 0 radical (unpaired) electrons. The van der Waals surface area contributed by atoms with Crippen LogP contribution in [0.1, 0.15) is 5.69 Å². The molecule has 118 valence electrons. The van der Waals surface area contributed by atoms with Gasteiger partial charge in [0.25, 0.3) is 0 Å². The van der Waals surface area contributed by atoms with Crippen LogP contribution in [0.4, 0.5) is 0 Å². The average molecular weight is 426 g/mol. The Morgan fingerprint density at radius 3 is 2.76 bits per heavy atom. The van der Waals surface area contributed by atoms with E-state index >= 15 is 0 Å². The monoisotopic (exact) mass is 426 g/mol. The summed E-state index contributed by atoms with van der Waals surface area (Å²) in [5.74, 6) is 0.387. The van der Waals surface area contributed by atoms with Crippen LogP contribution in [0.2, 0.25) is 0 Å². The van der Waals surface area contributed by atoms with Gasteiger partial charge in [-0.05, 0) is 12.1 Å². The Morgan fingerprint density at radius 2 is 2.14 bits per heavy atom. The zero-order chi connectivity index (χ0) is 14.6. The molecule has 2 heterocycles. The molecule has 1 aliphatic heterocycles. The van der Waals surface area contributed by atoms with Crippen LogP contribution in [-0.4, -0.2) is 56.8 Å². The normalized spacial score (nSPS) is 16.4. The number of hydrogen-bond donors (Lipinski definition) is 1. The van der Waals surface area contributed by atoms with Crippen LogP contribution in [0.15, 0.2) is 28.2 Å². The molecule has 21 heavy (non-hydrogen) atoms. The van der Waals surface area contributed by atoms with Crippen molar-refractivity contribution in [1.29, 1.82) is 0 Å². The quantitative estimate of drug-likeness (QED) is 0.423. The molecular formula is C12H19IN4O3S. The van der Waals surface area contributed by atoms with E-state index in [1.54, 1.807) is 12.3 Å². The predicted octanol–water partition coefficient (Wildman–Crippen LogP) is 0.250. The van der Waals surface area contributed by atoms with Gasteiger partial charge >= 0.3 is 0 Å². The van der Waals surface area contributed by atoms with Crippen molar-refractivity contribution in [2.24, 2.45) is 10.7 Å². The van der Waals surface area contributed by atoms with E-state index in [0.717, 1.165) is 6.26 Å². The molecule has 0 aliphatic carbocycles. The minimum absolute atomic E-state index is 0. The zero-order valence-corrected chi connectivity index (χ0v) is 14.9. The van der Waals surface area contributed by atoms with Gasteiger partial charge in [0.15, 0.2) is 15.8 Å². The molecule has 2 rings (SSSR count). The van der Waals surface area contributed by atoms with Gasteiger partial charge in [0.2, 0.25) is 0 Å². The summed E-state index contributed by atoms with van der Waals surface area (Å²) in [6.45, 7) is 2.77. The van der Waals surface area contributed by atoms with Gasteiger partial charge in [-0.1, -0.05) is 0 Å². The fraction of sp³-hybridized carbons (Fsp3) is 0.500. The number of guanidine groups is 1. The Bertz CT molecular complexity index is 600. The lowest BCUT2D eigenvalue weighted by Gasteiger charge is -2.27. The maximum atomic E-state index is 11.7. The highest BCUT2D eigenvalue weighted by molar-refractivity contribution is 14.0. The Morgan fingerprint density at radius 1 is 1.48 bits per heavy atom. The molecule has 0 spiro atoms. The van der Waals surface area contributed by atoms with E-state index in [-0.39, 0.29) is 35.4 Å². The van der Waals surface area contributed by atoms with Crippen molar-refractivity contribution in [1.82, 2.24) is 9.88 Å². The Hall–Kier alpha value is -0.940. The number of rotatable bonds is 3. The largest absolute Gasteiger partial charge is 0.378 e. The third kappa shape index (κ3) is 5.08. The first-order valence-corrected chi connectivity index (χ1v) is 8.14. The number of halogens is 1. The summed E-state index contributed by atoms with van der Waals surface area (Å²) in [7, 11) is -3.31. The van der Waals surface area contributed by atoms with Crippen molar-refractivity contribution in [3.8, 4) is 0 Å². The fourth-order valence-corrected chi connectivity index (χ4v) is 2.80. The highest BCUT2D eigenvalue weighted by Gasteiger charge is 2.15. The SMILES string of the molecule is CS(=O)(=O)c1cccnc1CN=C(N)N1CCOCC1.I. The van der Waals surface area contributed by atoms with Gasteiger partial charge in [-0.2, -0.15) is 0 Å². The first-order chi connectivity index (χ1) is 9.48. The summed E-state index contributed by atoms with van der Waals surface area (Å²) in [6, 6.07) is 3.12. The van der Waals surface area contributed by atoms with E-state index in [2.05, 4.69) is 9.98 Å². The second-order valence-corrected chi connectivity index (χ2v) is 6.48. The van der Waals surface area contributed by atoms with Crippen LogP contribution >= 0.6 is 24.0 Å². The van der Waals surface area contributed by atoms with Gasteiger partial charge in [-0.15, -0.1) is 24.0 Å². The summed E-state index contributed by atoms with van der Waals surface area (Å²) < 4.78 is 28.5. The van der Waals surface area contributed by atoms with Crippen LogP contribution < -0.4 is 5.73 Å². The van der Waals surface area contributed by atoms with Crippen molar-refractivity contribution in [3.05, 3.63) is 24.0 Å². The summed E-state index contributed by atoms with van der Waals surface area (Å²) in [6.07, 6.45) is 2.70. The van der Waals surface area contributed by atoms with Gasteiger partial charge < -0.3 is 15.4 Å². The molecule has 0 bridgehead atoms. The molecule has 1 aliphatic rings. The number of pyridine rings is 1. The van der Waals surface area contributed by atoms with Crippen molar-refractivity contribution >= 4 is 39.8 Å². The first kappa shape index (κ1) is 18.1. The fourth-order valence-electron chi connectivity index (χ4n) is 1.93. The molecular weight excluding hydrogens is 407 g/mol. The number of nitrogens with zero attached hydrogens (tertiary/aromatic N) is 3. The average Bonchev–Trinajstić information content (AvgIpc) is 2.45. The topological polar surface area (TPSA) is 97.9 Å². The number of sulfone groups is 1. The number of nitrogens with two attached hydrogens (primary N) is 1. The van der Waals surface area contributed by atoms with Crippen LogP contribution in [-0.2, 0) is 21.1 Å². The molecule has 7 nitrogen and oxygen atoms in total. The third-order valence-electron chi connectivity index (χ3n) is 2.97. The molecule has 0 unspecified atom stereocenters. The van der Waals surface area contributed by atoms with Crippen LogP contribution in [0, 0.1) is 0 Å². The molecule has 0 amide bonds. The van der Waals surface area contributed by atoms with Crippen LogP contribution in [0.5, 0.6) is 0 Å². The summed E-state index contributed by atoms with van der Waals surface area (Å²) in [5, 5.41) is 0. The highest BCUT2D eigenvalue weighted by atomic mass is 127.